The molecule has 6 heterocycles. The van der Waals surface area contributed by atoms with Crippen molar-refractivity contribution < 1.29 is 108 Å². The van der Waals surface area contributed by atoms with Crippen LogP contribution in [-0.4, -0.2) is 161 Å². The van der Waals surface area contributed by atoms with Gasteiger partial charge in [0.1, 0.15) is 83.5 Å². The molecule has 17 N–H and O–H groups in total. The van der Waals surface area contributed by atoms with Gasteiger partial charge in [-0.15, -0.1) is 0 Å². The number of ketones is 2. The van der Waals surface area contributed by atoms with E-state index in [1.807, 2.05) is 13.8 Å². The van der Waals surface area contributed by atoms with Crippen molar-refractivity contribution in [2.45, 2.75) is 119 Å². The number of phenols is 3. The second-order valence-electron chi connectivity index (χ2n) is 22.8. The van der Waals surface area contributed by atoms with Crippen LogP contribution in [0, 0.1) is 11.8 Å². The molecule has 5 amide bonds. The van der Waals surface area contributed by atoms with Crippen LogP contribution in [0.25, 0.3) is 11.1 Å². The number of benzene rings is 5. The van der Waals surface area contributed by atoms with Crippen LogP contribution in [0.15, 0.2) is 78.9 Å². The molecule has 484 valence electrons. The average Bonchev–Trinajstić information content (AvgIpc) is 0.790. The van der Waals surface area contributed by atoms with E-state index in [-0.39, 0.29) is 51.1 Å². The number of hydrogen-bond acceptors (Lipinski definition) is 22. The average molecular weight is 1300 g/mol. The Labute approximate surface area is 526 Å². The van der Waals surface area contributed by atoms with E-state index in [1.54, 1.807) is 0 Å². The summed E-state index contributed by atoms with van der Waals surface area (Å²) < 4.78 is 24.9. The zero-order chi connectivity index (χ0) is 66.2. The first-order valence-electron chi connectivity index (χ1n) is 28.4. The third-order valence-electron chi connectivity index (χ3n) is 16.0. The van der Waals surface area contributed by atoms with Gasteiger partial charge in [-0.05, 0) is 96.2 Å². The van der Waals surface area contributed by atoms with E-state index in [0.717, 1.165) is 66.7 Å². The number of halogens is 2. The molecule has 14 atom stereocenters. The quantitative estimate of drug-likeness (QED) is 0.0897. The van der Waals surface area contributed by atoms with Gasteiger partial charge in [0.25, 0.3) is 0 Å². The van der Waals surface area contributed by atoms with Crippen molar-refractivity contribution in [3.05, 3.63) is 117 Å². The van der Waals surface area contributed by atoms with Crippen LogP contribution in [0.3, 0.4) is 0 Å². The predicted molar refractivity (Wildman–Crippen MR) is 316 cm³/mol. The van der Waals surface area contributed by atoms with Crippen LogP contribution in [-0.2, 0) is 43.1 Å². The molecular weight excluding hydrogens is 1240 g/mol. The number of carboxylic acid groups (broad SMARTS) is 1. The van der Waals surface area contributed by atoms with Crippen molar-refractivity contribution in [2.24, 2.45) is 17.6 Å². The Morgan fingerprint density at radius 2 is 1.33 bits per heavy atom. The van der Waals surface area contributed by atoms with Gasteiger partial charge in [-0.1, -0.05) is 55.2 Å². The normalized spacial score (nSPS) is 26.4. The molecule has 11 rings (SSSR count). The maximum absolute atomic E-state index is 15.9. The molecule has 5 aromatic rings. The van der Waals surface area contributed by atoms with E-state index in [0.29, 0.717) is 0 Å². The Bertz CT molecular complexity index is 3720. The van der Waals surface area contributed by atoms with E-state index in [2.05, 4.69) is 26.6 Å². The number of nitrogens with two attached hydrogens (primary N) is 1. The summed E-state index contributed by atoms with van der Waals surface area (Å²) in [6.07, 6.45) is -16.6. The first-order valence-corrected chi connectivity index (χ1v) is 29.1. The lowest BCUT2D eigenvalue weighted by molar-refractivity contribution is -0.277. The first kappa shape index (κ1) is 66.7. The van der Waals surface area contributed by atoms with Gasteiger partial charge < -0.3 is 102 Å². The summed E-state index contributed by atoms with van der Waals surface area (Å²) in [6.45, 7) is 2.73. The maximum Gasteiger partial charge on any atom is 0.330 e. The number of aliphatic carboxylic acids is 1. The fourth-order valence-electron chi connectivity index (χ4n) is 11.3. The fourth-order valence-corrected chi connectivity index (χ4v) is 11.7. The Hall–Kier alpha value is -8.68. The monoisotopic (exact) mass is 1300 g/mol. The molecule has 11 bridgehead atoms. The molecule has 28 nitrogen and oxygen atoms in total. The van der Waals surface area contributed by atoms with Crippen LogP contribution in [0.4, 0.5) is 0 Å². The van der Waals surface area contributed by atoms with Gasteiger partial charge in [0, 0.05) is 42.0 Å². The number of aliphatic hydroxyl groups is 6. The van der Waals surface area contributed by atoms with Gasteiger partial charge >= 0.3 is 5.97 Å². The number of amides is 5. The largest absolute Gasteiger partial charge is 0.508 e. The Kier molecular flexibility index (Phi) is 20.1. The summed E-state index contributed by atoms with van der Waals surface area (Å²) >= 11 is 13.9. The van der Waals surface area contributed by atoms with Crippen molar-refractivity contribution in [2.75, 3.05) is 13.7 Å². The fraction of sp³-hybridized carbons (Fsp3) is 0.377. The molecule has 1 fully saturated rings. The first-order chi connectivity index (χ1) is 43.1. The molecule has 5 aromatic carbocycles. The van der Waals surface area contributed by atoms with Crippen LogP contribution < -0.4 is 46.5 Å². The van der Waals surface area contributed by atoms with Gasteiger partial charge in [0.05, 0.1) is 34.5 Å². The van der Waals surface area contributed by atoms with Gasteiger partial charge in [0.15, 0.2) is 29.1 Å². The van der Waals surface area contributed by atoms with E-state index in [4.69, 9.17) is 47.9 Å². The number of aromatic hydroxyl groups is 3. The molecule has 91 heavy (non-hydrogen) atoms. The van der Waals surface area contributed by atoms with Crippen molar-refractivity contribution in [1.82, 2.24) is 26.6 Å². The molecule has 30 heteroatoms. The lowest BCUT2D eigenvalue weighted by atomic mass is 9.84. The number of carbonyl (C=O) groups is 8. The second kappa shape index (κ2) is 27.4. The van der Waals surface area contributed by atoms with Crippen LogP contribution in [0.1, 0.15) is 97.6 Å². The van der Waals surface area contributed by atoms with Crippen molar-refractivity contribution in [1.29, 1.82) is 0 Å². The molecule has 6 aliphatic rings. The lowest BCUT2D eigenvalue weighted by Gasteiger charge is -2.39. The van der Waals surface area contributed by atoms with Gasteiger partial charge in [0.2, 0.25) is 41.6 Å². The topological polar surface area (TPSA) is 462 Å². The van der Waals surface area contributed by atoms with Crippen molar-refractivity contribution in [3.8, 4) is 57.1 Å². The van der Waals surface area contributed by atoms with E-state index >= 15 is 14.4 Å². The zero-order valence-corrected chi connectivity index (χ0v) is 49.9. The molecule has 0 aliphatic carbocycles. The highest BCUT2D eigenvalue weighted by Crippen LogP contribution is 2.50. The number of nitrogens with one attached hydrogen (secondary N) is 5. The summed E-state index contributed by atoms with van der Waals surface area (Å²) in [5.74, 6) is -18.3. The maximum atomic E-state index is 15.9. The van der Waals surface area contributed by atoms with E-state index in [1.165, 1.54) is 19.2 Å². The number of aliphatic hydroxyl groups excluding tert-OH is 6. The van der Waals surface area contributed by atoms with Crippen molar-refractivity contribution >= 4 is 70.3 Å². The number of rotatable bonds is 11. The number of hydrogen-bond donors (Lipinski definition) is 16. The minimum atomic E-state index is -2.22. The minimum absolute atomic E-state index is 0.0618. The molecule has 0 spiro atoms. The SMILES string of the molecule is CN[C@H](CC(C)C)C(=O)N[C@H]1C(=O)C[C@@H](CC(N)=O)C(=O)N[C@H]2C(=O)C[C@H]3C(=O)N[C@@H](C(=O)N[C@H](C(=O)O)c4cc(O)cc(O)c4-c4cc3ccc4O)[C@H](O)c3ccc(c(Cl)c3)Oc3cc2cc(c3OC2OC(CO)C(O)C(O)C2O)Oc2ccc(cc2Cl)[C@H]1O. The highest BCUT2D eigenvalue weighted by molar-refractivity contribution is 6.32. The number of fused-ring (bicyclic) bond motifs is 15. The third kappa shape index (κ3) is 14.1. The van der Waals surface area contributed by atoms with Crippen molar-refractivity contribution in [3.63, 3.8) is 0 Å². The molecule has 0 aromatic heterocycles. The molecule has 6 aliphatic heterocycles. The van der Waals surface area contributed by atoms with Crippen LogP contribution in [0.5, 0.6) is 46.0 Å². The summed E-state index contributed by atoms with van der Waals surface area (Å²) in [5.41, 5.74) is 3.35. The Morgan fingerprint density at radius 1 is 0.703 bits per heavy atom. The summed E-state index contributed by atoms with van der Waals surface area (Å²) in [6, 6.07) is 4.59. The zero-order valence-electron chi connectivity index (χ0n) is 48.4. The van der Waals surface area contributed by atoms with Gasteiger partial charge in [-0.25, -0.2) is 4.79 Å². The van der Waals surface area contributed by atoms with Gasteiger partial charge in [-0.3, -0.25) is 33.6 Å². The number of Topliss-reactive ketones (excluding diaryl/α,β-unsaturated/α-hetero) is 2. The summed E-state index contributed by atoms with van der Waals surface area (Å²) in [5, 5.41) is 124. The Morgan fingerprint density at radius 3 is 1.91 bits per heavy atom. The van der Waals surface area contributed by atoms with E-state index < -0.39 is 214 Å². The second-order valence-corrected chi connectivity index (χ2v) is 23.6. The molecule has 1 saturated heterocycles. The van der Waals surface area contributed by atoms with Crippen LogP contribution in [0.2, 0.25) is 10.0 Å². The lowest BCUT2D eigenvalue weighted by Crippen LogP contribution is -2.60. The summed E-state index contributed by atoms with van der Waals surface area (Å²) in [7, 11) is 1.49. The number of ether oxygens (including phenoxy) is 4. The molecule has 5 unspecified atom stereocenters. The number of carboxylic acids is 1. The number of likely N-dealkylation sites (N-methyl/N-ethyl adjacent to an activating group) is 1. The molecule has 0 radical (unpaired) electrons. The highest BCUT2D eigenvalue weighted by atomic mass is 35.5. The standard InChI is InChI=1S/C61H64Cl2N6O22/c1-22(2)10-34(65-3)58(84)68-48-37(74)14-27(17-44(64)76)56(82)66-46-26-15-41(88-39-8-5-24(50(48)77)12-32(39)62)55(91-61-54(81)53(80)52(79)43(21-70)90-61)42(16-26)89-40-9-6-25(13-33(40)63)51(78)49-59(85)67-47(60(86)87)31-18-28(71)19-36(73)45(31)30-11-23(4-7-35(30)72)29(20-38(46)75)57(83)69-49/h4-9,11-13,15-16,18-19,22,27,29,34,43,46-54,61,65,70-73,77-81H,10,14,17,20-21H2,1-3H3,(H2,64,76)(H,66,82)(H,67,85)(H,68,84)(H,69,83)(H,86,87)/t27-,29+,34+,43?,46+,47-,48-,49+,50+,51+,52?,53?,54?,61?/m0/s1. The smallest absolute Gasteiger partial charge is 0.330 e. The number of phenolic OH excluding ortho intramolecular Hbond substituents is 3. The predicted octanol–water partition coefficient (Wildman–Crippen LogP) is 1.84. The molecular formula is C61H64Cl2N6O22. The minimum Gasteiger partial charge on any atom is -0.508 e. The number of carbonyl (C=O) groups excluding carboxylic acids is 7. The summed E-state index contributed by atoms with van der Waals surface area (Å²) in [4.78, 5) is 116. The highest BCUT2D eigenvalue weighted by Gasteiger charge is 2.47. The molecule has 0 saturated carbocycles. The third-order valence-corrected chi connectivity index (χ3v) is 16.6. The Balaban J connectivity index is 1.32. The van der Waals surface area contributed by atoms with Crippen LogP contribution >= 0.6 is 23.2 Å². The van der Waals surface area contributed by atoms with E-state index in [9.17, 15) is 75.0 Å². The number of primary amides is 1. The van der Waals surface area contributed by atoms with Gasteiger partial charge in [-0.2, -0.15) is 0 Å².